The summed E-state index contributed by atoms with van der Waals surface area (Å²) in [5.74, 6) is 0. The van der Waals surface area contributed by atoms with E-state index in [1.165, 1.54) is 21.8 Å². The highest BCUT2D eigenvalue weighted by Crippen LogP contribution is 2.45. The number of aromatic nitrogens is 1. The van der Waals surface area contributed by atoms with E-state index in [0.29, 0.717) is 0 Å². The van der Waals surface area contributed by atoms with Crippen LogP contribution in [0.4, 0.5) is 17.1 Å². The Kier molecular flexibility index (Phi) is 7.57. The Morgan fingerprint density at radius 3 is 1.77 bits per heavy atom. The average molecular weight is 793 g/mol. The van der Waals surface area contributed by atoms with E-state index in [9.17, 15) is 0 Å². The lowest BCUT2D eigenvalue weighted by molar-refractivity contribution is 0.669. The zero-order valence-electron chi connectivity index (χ0n) is 33.5. The zero-order valence-corrected chi connectivity index (χ0v) is 33.5. The highest BCUT2D eigenvalue weighted by atomic mass is 16.3. The molecule has 13 aromatic rings. The number of benzene rings is 10. The molecule has 0 aliphatic carbocycles. The molecule has 10 aromatic carbocycles. The molecule has 13 rings (SSSR count). The van der Waals surface area contributed by atoms with Crippen molar-refractivity contribution < 1.29 is 8.83 Å². The summed E-state index contributed by atoms with van der Waals surface area (Å²) in [6.45, 7) is 0. The van der Waals surface area contributed by atoms with Crippen molar-refractivity contribution in [2.75, 3.05) is 4.90 Å². The van der Waals surface area contributed by atoms with E-state index < -0.39 is 0 Å². The second kappa shape index (κ2) is 13.6. The van der Waals surface area contributed by atoms with E-state index in [0.717, 1.165) is 99.7 Å². The topological polar surface area (TPSA) is 34.5 Å². The van der Waals surface area contributed by atoms with Crippen molar-refractivity contribution in [2.45, 2.75) is 0 Å². The van der Waals surface area contributed by atoms with Crippen LogP contribution in [0.15, 0.2) is 227 Å². The smallest absolute Gasteiger partial charge is 0.143 e. The zero-order chi connectivity index (χ0) is 40.7. The van der Waals surface area contributed by atoms with Gasteiger partial charge in [-0.1, -0.05) is 133 Å². The fourth-order valence-electron chi connectivity index (χ4n) is 9.71. The van der Waals surface area contributed by atoms with E-state index >= 15 is 0 Å². The van der Waals surface area contributed by atoms with Crippen molar-refractivity contribution in [3.05, 3.63) is 218 Å². The second-order valence-electron chi connectivity index (χ2n) is 16.1. The lowest BCUT2D eigenvalue weighted by atomic mass is 10.0. The third-order valence-electron chi connectivity index (χ3n) is 12.6. The summed E-state index contributed by atoms with van der Waals surface area (Å²) in [6.07, 6.45) is 0. The first-order valence-electron chi connectivity index (χ1n) is 21.1. The number of anilines is 3. The molecule has 0 saturated heterocycles. The molecule has 0 radical (unpaired) electrons. The Bertz CT molecular complexity index is 3830. The minimum Gasteiger partial charge on any atom is -0.456 e. The normalized spacial score (nSPS) is 11.9. The van der Waals surface area contributed by atoms with E-state index in [-0.39, 0.29) is 0 Å². The van der Waals surface area contributed by atoms with Crippen LogP contribution < -0.4 is 4.90 Å². The van der Waals surface area contributed by atoms with Gasteiger partial charge in [0, 0.05) is 49.4 Å². The van der Waals surface area contributed by atoms with Crippen molar-refractivity contribution >= 4 is 93.5 Å². The van der Waals surface area contributed by atoms with Gasteiger partial charge in [-0.2, -0.15) is 0 Å². The number of fused-ring (bicyclic) bond motifs is 11. The molecule has 3 heterocycles. The Labute approximate surface area is 356 Å². The lowest BCUT2D eigenvalue weighted by Crippen LogP contribution is -2.10. The maximum absolute atomic E-state index is 6.72. The van der Waals surface area contributed by atoms with Crippen LogP contribution in [-0.2, 0) is 0 Å². The summed E-state index contributed by atoms with van der Waals surface area (Å²) >= 11 is 0. The molecule has 0 unspecified atom stereocenters. The van der Waals surface area contributed by atoms with Crippen LogP contribution in [0.5, 0.6) is 0 Å². The van der Waals surface area contributed by atoms with Gasteiger partial charge in [-0.3, -0.25) is 0 Å². The number of furan rings is 2. The average Bonchev–Trinajstić information content (AvgIpc) is 4.02. The van der Waals surface area contributed by atoms with Gasteiger partial charge in [0.05, 0.1) is 22.1 Å². The molecule has 0 spiro atoms. The van der Waals surface area contributed by atoms with Crippen LogP contribution in [0.3, 0.4) is 0 Å². The van der Waals surface area contributed by atoms with E-state index in [1.807, 2.05) is 12.1 Å². The molecule has 0 amide bonds. The molecule has 0 saturated carbocycles. The quantitative estimate of drug-likeness (QED) is 0.168. The van der Waals surface area contributed by atoms with Crippen LogP contribution in [0, 0.1) is 0 Å². The summed E-state index contributed by atoms with van der Waals surface area (Å²) < 4.78 is 15.4. The van der Waals surface area contributed by atoms with Crippen LogP contribution in [0.1, 0.15) is 0 Å². The molecule has 0 aliphatic heterocycles. The van der Waals surface area contributed by atoms with Gasteiger partial charge >= 0.3 is 0 Å². The van der Waals surface area contributed by atoms with Gasteiger partial charge in [0.25, 0.3) is 0 Å². The van der Waals surface area contributed by atoms with Gasteiger partial charge in [-0.25, -0.2) is 0 Å². The maximum Gasteiger partial charge on any atom is 0.143 e. The molecular weight excluding hydrogens is 757 g/mol. The van der Waals surface area contributed by atoms with Crippen molar-refractivity contribution in [1.29, 1.82) is 0 Å². The molecule has 4 nitrogen and oxygen atoms in total. The molecule has 0 N–H and O–H groups in total. The molecule has 3 aromatic heterocycles. The van der Waals surface area contributed by atoms with Crippen molar-refractivity contribution in [2.24, 2.45) is 0 Å². The van der Waals surface area contributed by atoms with E-state index in [4.69, 9.17) is 8.83 Å². The first-order valence-corrected chi connectivity index (χ1v) is 21.1. The van der Waals surface area contributed by atoms with E-state index in [1.54, 1.807) is 0 Å². The maximum atomic E-state index is 6.72. The number of nitrogens with zero attached hydrogens (tertiary/aromatic N) is 2. The molecular formula is C58H36N2O2. The van der Waals surface area contributed by atoms with Crippen molar-refractivity contribution in [3.63, 3.8) is 0 Å². The molecule has 0 bridgehead atoms. The summed E-state index contributed by atoms with van der Waals surface area (Å²) in [5, 5.41) is 9.18. The molecule has 290 valence electrons. The lowest BCUT2D eigenvalue weighted by Gasteiger charge is -2.27. The summed E-state index contributed by atoms with van der Waals surface area (Å²) in [7, 11) is 0. The van der Waals surface area contributed by atoms with Gasteiger partial charge in [0.1, 0.15) is 22.3 Å². The largest absolute Gasteiger partial charge is 0.456 e. The second-order valence-corrected chi connectivity index (χ2v) is 16.1. The Balaban J connectivity index is 0.962. The third-order valence-corrected chi connectivity index (χ3v) is 12.6. The van der Waals surface area contributed by atoms with Crippen molar-refractivity contribution in [1.82, 2.24) is 4.57 Å². The van der Waals surface area contributed by atoms with Crippen LogP contribution >= 0.6 is 0 Å². The molecule has 0 fully saturated rings. The standard InChI is InChI=1S/C58H36N2O2/c1-2-17-45-38(12-1)28-33-50-57-53(23-11-25-55(57)62-58(45)50)59(43-15-10-14-40(35-43)41-29-32-49-48-20-5-8-24-54(48)61-56(49)36-41)42-30-26-37(27-31-42)39-13-9-16-44(34-39)60-51-21-6-3-18-46(51)47-19-4-7-22-52(47)60/h1-36H. The first kappa shape index (κ1) is 34.5. The molecule has 62 heavy (non-hydrogen) atoms. The van der Waals surface area contributed by atoms with Crippen LogP contribution in [-0.4, -0.2) is 4.57 Å². The van der Waals surface area contributed by atoms with Crippen LogP contribution in [0.25, 0.3) is 104 Å². The van der Waals surface area contributed by atoms with Crippen LogP contribution in [0.2, 0.25) is 0 Å². The fourth-order valence-corrected chi connectivity index (χ4v) is 9.71. The number of para-hydroxylation sites is 3. The van der Waals surface area contributed by atoms with Gasteiger partial charge in [0.15, 0.2) is 0 Å². The number of rotatable bonds is 6. The first-order chi connectivity index (χ1) is 30.7. The highest BCUT2D eigenvalue weighted by molar-refractivity contribution is 6.19. The fraction of sp³-hybridized carbons (Fsp3) is 0. The predicted octanol–water partition coefficient (Wildman–Crippen LogP) is 16.5. The van der Waals surface area contributed by atoms with Gasteiger partial charge in [0.2, 0.25) is 0 Å². The Hall–Kier alpha value is -8.34. The minimum atomic E-state index is 0.851. The predicted molar refractivity (Wildman–Crippen MR) is 258 cm³/mol. The summed E-state index contributed by atoms with van der Waals surface area (Å²) in [4.78, 5) is 2.37. The van der Waals surface area contributed by atoms with Gasteiger partial charge < -0.3 is 18.3 Å². The van der Waals surface area contributed by atoms with Gasteiger partial charge in [-0.05, 0) is 113 Å². The minimum absolute atomic E-state index is 0.851. The highest BCUT2D eigenvalue weighted by Gasteiger charge is 2.21. The number of hydrogen-bond donors (Lipinski definition) is 0. The monoisotopic (exact) mass is 792 g/mol. The van der Waals surface area contributed by atoms with E-state index in [2.05, 4.69) is 216 Å². The summed E-state index contributed by atoms with van der Waals surface area (Å²) in [5.41, 5.74) is 14.7. The molecule has 0 atom stereocenters. The molecule has 0 aliphatic rings. The summed E-state index contributed by atoms with van der Waals surface area (Å²) in [6, 6.07) is 78.0. The SMILES string of the molecule is c1cc(-c2ccc3c(c2)oc2ccccc23)cc(N(c2ccc(-c3cccc(-n4c5ccccc5c5ccccc54)c3)cc2)c2cccc3oc4c5ccccc5ccc4c23)c1. The third kappa shape index (κ3) is 5.33. The van der Waals surface area contributed by atoms with Gasteiger partial charge in [-0.15, -0.1) is 0 Å². The number of hydrogen-bond acceptors (Lipinski definition) is 3. The van der Waals surface area contributed by atoms with Crippen molar-refractivity contribution in [3.8, 4) is 27.9 Å². The Morgan fingerprint density at radius 1 is 0.339 bits per heavy atom. The molecule has 4 heteroatoms. The Morgan fingerprint density at radius 2 is 0.952 bits per heavy atom.